The third-order valence-corrected chi connectivity index (χ3v) is 6.18. The van der Waals surface area contributed by atoms with Crippen LogP contribution in [0.1, 0.15) is 49.8 Å². The summed E-state index contributed by atoms with van der Waals surface area (Å²) in [6, 6.07) is 9.97. The van der Waals surface area contributed by atoms with Gasteiger partial charge in [-0.05, 0) is 25.3 Å². The highest BCUT2D eigenvalue weighted by atomic mass is 32.2. The monoisotopic (exact) mass is 347 g/mol. The molecule has 24 heavy (non-hydrogen) atoms. The molecule has 0 bridgehead atoms. The van der Waals surface area contributed by atoms with Gasteiger partial charge in [0.05, 0.1) is 12.2 Å². The van der Waals surface area contributed by atoms with Gasteiger partial charge in [-0.2, -0.15) is 5.10 Å². The van der Waals surface area contributed by atoms with E-state index >= 15 is 0 Å². The second-order valence-corrected chi connectivity index (χ2v) is 8.25. The van der Waals surface area contributed by atoms with E-state index in [9.17, 15) is 8.42 Å². The Balaban J connectivity index is 1.75. The lowest BCUT2D eigenvalue weighted by atomic mass is 10.1. The van der Waals surface area contributed by atoms with Crippen molar-refractivity contribution in [3.8, 4) is 0 Å². The molecule has 0 saturated heterocycles. The van der Waals surface area contributed by atoms with Crippen molar-refractivity contribution >= 4 is 10.0 Å². The zero-order valence-electron chi connectivity index (χ0n) is 14.1. The minimum Gasteiger partial charge on any atom is -0.267 e. The van der Waals surface area contributed by atoms with Crippen LogP contribution in [0.4, 0.5) is 0 Å². The van der Waals surface area contributed by atoms with Crippen LogP contribution in [-0.4, -0.2) is 24.2 Å². The van der Waals surface area contributed by atoms with E-state index in [-0.39, 0.29) is 6.04 Å². The molecule has 0 amide bonds. The summed E-state index contributed by atoms with van der Waals surface area (Å²) in [5.41, 5.74) is 1.65. The van der Waals surface area contributed by atoms with Gasteiger partial charge in [-0.3, -0.25) is 4.68 Å². The maximum atomic E-state index is 12.7. The Bertz CT molecular complexity index is 761. The highest BCUT2D eigenvalue weighted by molar-refractivity contribution is 7.89. The molecule has 5 nitrogen and oxygen atoms in total. The summed E-state index contributed by atoms with van der Waals surface area (Å²) < 4.78 is 30.1. The summed E-state index contributed by atoms with van der Waals surface area (Å²) in [6.07, 6.45) is 8.09. The average Bonchev–Trinajstić information content (AvgIpc) is 2.76. The van der Waals surface area contributed by atoms with Crippen LogP contribution < -0.4 is 4.72 Å². The molecule has 1 aliphatic rings. The lowest BCUT2D eigenvalue weighted by Crippen LogP contribution is -2.34. The first-order valence-corrected chi connectivity index (χ1v) is 10.1. The summed E-state index contributed by atoms with van der Waals surface area (Å²) in [5, 5.41) is 4.38. The molecule has 1 heterocycles. The Morgan fingerprint density at radius 1 is 1.12 bits per heavy atom. The van der Waals surface area contributed by atoms with Crippen LogP contribution >= 0.6 is 0 Å². The van der Waals surface area contributed by atoms with Crippen molar-refractivity contribution < 1.29 is 8.42 Å². The number of aromatic nitrogens is 2. The van der Waals surface area contributed by atoms with Crippen LogP contribution in [0.3, 0.4) is 0 Å². The molecule has 0 unspecified atom stereocenters. The Labute approximate surface area is 144 Å². The van der Waals surface area contributed by atoms with Crippen molar-refractivity contribution in [2.75, 3.05) is 0 Å². The third-order valence-electron chi connectivity index (χ3n) is 4.56. The van der Waals surface area contributed by atoms with Gasteiger partial charge in [0, 0.05) is 12.2 Å². The fraction of sp³-hybridized carbons (Fsp3) is 0.500. The number of nitrogens with zero attached hydrogens (tertiary/aromatic N) is 2. The highest BCUT2D eigenvalue weighted by Gasteiger charge is 2.24. The second kappa shape index (κ2) is 7.49. The molecule has 3 rings (SSSR count). The molecule has 1 aromatic carbocycles. The lowest BCUT2D eigenvalue weighted by molar-refractivity contribution is 0.509. The van der Waals surface area contributed by atoms with Crippen molar-refractivity contribution in [1.29, 1.82) is 0 Å². The first-order chi connectivity index (χ1) is 11.5. The topological polar surface area (TPSA) is 64.0 Å². The first kappa shape index (κ1) is 17.2. The maximum Gasteiger partial charge on any atom is 0.244 e. The van der Waals surface area contributed by atoms with Crippen LogP contribution in [0, 0.1) is 6.92 Å². The lowest BCUT2D eigenvalue weighted by Gasteiger charge is -2.15. The Morgan fingerprint density at radius 3 is 2.46 bits per heavy atom. The van der Waals surface area contributed by atoms with Gasteiger partial charge >= 0.3 is 0 Å². The minimum absolute atomic E-state index is 0.0503. The van der Waals surface area contributed by atoms with Crippen molar-refractivity contribution in [1.82, 2.24) is 14.5 Å². The van der Waals surface area contributed by atoms with Crippen molar-refractivity contribution in [2.24, 2.45) is 0 Å². The van der Waals surface area contributed by atoms with Crippen molar-refractivity contribution in [3.63, 3.8) is 0 Å². The molecule has 2 aromatic rings. The summed E-state index contributed by atoms with van der Waals surface area (Å²) >= 11 is 0. The molecule has 1 fully saturated rings. The number of hydrogen-bond donors (Lipinski definition) is 1. The average molecular weight is 347 g/mol. The van der Waals surface area contributed by atoms with Gasteiger partial charge in [-0.25, -0.2) is 13.1 Å². The Hall–Kier alpha value is -1.66. The fourth-order valence-corrected chi connectivity index (χ4v) is 4.79. The number of nitrogens with one attached hydrogen (secondary N) is 1. The normalized spacial score (nSPS) is 16.9. The standard InChI is InChI=1S/C18H25N3O2S/c1-15-18(14-21(19-15)13-16-9-5-4-6-10-16)24(22,23)20-17-11-7-2-3-8-12-17/h4-6,9-10,14,17,20H,2-3,7-8,11-13H2,1H3. The summed E-state index contributed by atoms with van der Waals surface area (Å²) in [6.45, 7) is 2.32. The number of sulfonamides is 1. The van der Waals surface area contributed by atoms with E-state index in [4.69, 9.17) is 0 Å². The van der Waals surface area contributed by atoms with Gasteiger partial charge in [-0.15, -0.1) is 0 Å². The zero-order valence-corrected chi connectivity index (χ0v) is 14.9. The summed E-state index contributed by atoms with van der Waals surface area (Å²) in [5.74, 6) is 0. The van der Waals surface area contributed by atoms with Gasteiger partial charge in [-0.1, -0.05) is 56.0 Å². The van der Waals surface area contributed by atoms with E-state index in [1.165, 1.54) is 12.8 Å². The predicted octanol–water partition coefficient (Wildman–Crippen LogP) is 3.24. The van der Waals surface area contributed by atoms with E-state index < -0.39 is 10.0 Å². The molecule has 1 aromatic heterocycles. The van der Waals surface area contributed by atoms with Gasteiger partial charge in [0.25, 0.3) is 0 Å². The SMILES string of the molecule is Cc1nn(Cc2ccccc2)cc1S(=O)(=O)NC1CCCCCC1. The molecule has 0 spiro atoms. The Kier molecular flexibility index (Phi) is 5.36. The number of hydrogen-bond acceptors (Lipinski definition) is 3. The highest BCUT2D eigenvalue weighted by Crippen LogP contribution is 2.21. The molecule has 0 aliphatic heterocycles. The van der Waals surface area contributed by atoms with Crippen molar-refractivity contribution in [3.05, 3.63) is 47.8 Å². The molecule has 0 atom stereocenters. The largest absolute Gasteiger partial charge is 0.267 e. The number of aryl methyl sites for hydroxylation is 1. The number of benzene rings is 1. The molecule has 1 N–H and O–H groups in total. The van der Waals surface area contributed by atoms with E-state index in [1.807, 2.05) is 30.3 Å². The van der Waals surface area contributed by atoms with E-state index in [0.29, 0.717) is 17.1 Å². The van der Waals surface area contributed by atoms with E-state index in [0.717, 1.165) is 31.2 Å². The van der Waals surface area contributed by atoms with Crippen LogP contribution in [0.2, 0.25) is 0 Å². The molecular weight excluding hydrogens is 322 g/mol. The van der Waals surface area contributed by atoms with Crippen LogP contribution in [0.25, 0.3) is 0 Å². The van der Waals surface area contributed by atoms with Crippen LogP contribution in [0.15, 0.2) is 41.4 Å². The maximum absolute atomic E-state index is 12.7. The molecule has 6 heteroatoms. The van der Waals surface area contributed by atoms with Gasteiger partial charge < -0.3 is 0 Å². The van der Waals surface area contributed by atoms with Gasteiger partial charge in [0.15, 0.2) is 0 Å². The third kappa shape index (κ3) is 4.24. The summed E-state index contributed by atoms with van der Waals surface area (Å²) in [4.78, 5) is 0.294. The fourth-order valence-electron chi connectivity index (χ4n) is 3.30. The Morgan fingerprint density at radius 2 is 1.79 bits per heavy atom. The second-order valence-electron chi connectivity index (χ2n) is 6.57. The first-order valence-electron chi connectivity index (χ1n) is 8.65. The molecule has 130 valence electrons. The number of rotatable bonds is 5. The quantitative estimate of drug-likeness (QED) is 0.845. The van der Waals surface area contributed by atoms with E-state index in [1.54, 1.807) is 17.8 Å². The van der Waals surface area contributed by atoms with Crippen LogP contribution in [-0.2, 0) is 16.6 Å². The molecule has 0 radical (unpaired) electrons. The van der Waals surface area contributed by atoms with Crippen LogP contribution in [0.5, 0.6) is 0 Å². The minimum atomic E-state index is -3.51. The summed E-state index contributed by atoms with van der Waals surface area (Å²) in [7, 11) is -3.51. The smallest absolute Gasteiger partial charge is 0.244 e. The van der Waals surface area contributed by atoms with Crippen molar-refractivity contribution in [2.45, 2.75) is 62.9 Å². The molecule has 1 saturated carbocycles. The zero-order chi connectivity index (χ0) is 17.0. The van der Waals surface area contributed by atoms with Gasteiger partial charge in [0.2, 0.25) is 10.0 Å². The van der Waals surface area contributed by atoms with Gasteiger partial charge in [0.1, 0.15) is 4.90 Å². The molecule has 1 aliphatic carbocycles. The van der Waals surface area contributed by atoms with E-state index in [2.05, 4.69) is 9.82 Å². The molecular formula is C18H25N3O2S. The predicted molar refractivity (Wildman–Crippen MR) is 94.3 cm³/mol.